The molecule has 0 atom stereocenters. The van der Waals surface area contributed by atoms with E-state index in [0.29, 0.717) is 36.7 Å². The van der Waals surface area contributed by atoms with Crippen molar-refractivity contribution in [3.05, 3.63) is 53.1 Å². The van der Waals surface area contributed by atoms with Gasteiger partial charge in [0, 0.05) is 38.7 Å². The normalized spacial score (nSPS) is 14.7. The summed E-state index contributed by atoms with van der Waals surface area (Å²) in [5.74, 6) is 1.95. The number of pyridine rings is 2. The lowest BCUT2D eigenvalue weighted by molar-refractivity contribution is -0.132. The van der Waals surface area contributed by atoms with Gasteiger partial charge in [-0.2, -0.15) is 0 Å². The van der Waals surface area contributed by atoms with Crippen molar-refractivity contribution in [2.45, 2.75) is 52.1 Å². The van der Waals surface area contributed by atoms with Crippen LogP contribution in [0.2, 0.25) is 0 Å². The van der Waals surface area contributed by atoms with Gasteiger partial charge in [0.1, 0.15) is 23.0 Å². The molecule has 0 aromatic carbocycles. The molecule has 9 nitrogen and oxygen atoms in total. The van der Waals surface area contributed by atoms with E-state index in [-0.39, 0.29) is 11.8 Å². The van der Waals surface area contributed by atoms with Gasteiger partial charge in [-0.25, -0.2) is 4.98 Å². The largest absolute Gasteiger partial charge is 0.338 e. The van der Waals surface area contributed by atoms with Gasteiger partial charge < -0.3 is 14.8 Å². The van der Waals surface area contributed by atoms with Crippen molar-refractivity contribution in [3.8, 4) is 11.5 Å². The number of anilines is 1. The van der Waals surface area contributed by atoms with E-state index >= 15 is 0 Å². The Balaban J connectivity index is 1.33. The smallest absolute Gasteiger partial charge is 0.275 e. The monoisotopic (exact) mass is 431 g/mol. The summed E-state index contributed by atoms with van der Waals surface area (Å²) in [6.07, 6.45) is 5.86. The van der Waals surface area contributed by atoms with E-state index in [9.17, 15) is 9.59 Å². The van der Waals surface area contributed by atoms with Gasteiger partial charge in [0.25, 0.3) is 5.91 Å². The van der Waals surface area contributed by atoms with Gasteiger partial charge in [0.15, 0.2) is 5.82 Å². The second kappa shape index (κ2) is 8.49. The third-order valence-electron chi connectivity index (χ3n) is 5.97. The molecule has 2 aliphatic rings. The molecule has 0 spiro atoms. The van der Waals surface area contributed by atoms with Gasteiger partial charge in [0.05, 0.1) is 0 Å². The second-order valence-corrected chi connectivity index (χ2v) is 8.21. The first-order valence-corrected chi connectivity index (χ1v) is 11.1. The number of hydrogen-bond donors (Lipinski definition) is 1. The molecule has 32 heavy (non-hydrogen) atoms. The molecule has 2 aliphatic heterocycles. The highest BCUT2D eigenvalue weighted by Gasteiger charge is 2.23. The molecule has 3 aromatic heterocycles. The number of nitrogens with zero attached hydrogens (tertiary/aromatic N) is 6. The minimum atomic E-state index is -0.332. The minimum Gasteiger partial charge on any atom is -0.338 e. The number of amides is 2. The molecule has 0 fully saturated rings. The number of carbonyl (C=O) groups is 2. The first-order chi connectivity index (χ1) is 15.6. The Morgan fingerprint density at radius 2 is 2.03 bits per heavy atom. The zero-order valence-electron chi connectivity index (χ0n) is 18.0. The first kappa shape index (κ1) is 20.3. The summed E-state index contributed by atoms with van der Waals surface area (Å²) in [5, 5.41) is 11.3. The Kier molecular flexibility index (Phi) is 5.38. The summed E-state index contributed by atoms with van der Waals surface area (Å²) in [5.41, 5.74) is 3.04. The van der Waals surface area contributed by atoms with Crippen LogP contribution in [0.3, 0.4) is 0 Å². The van der Waals surface area contributed by atoms with Crippen molar-refractivity contribution in [1.82, 2.24) is 29.6 Å². The fraction of sp³-hybridized carbons (Fsp3) is 0.391. The van der Waals surface area contributed by atoms with Crippen molar-refractivity contribution < 1.29 is 9.59 Å². The van der Waals surface area contributed by atoms with Gasteiger partial charge in [-0.05, 0) is 48.6 Å². The van der Waals surface area contributed by atoms with Crippen LogP contribution in [0.1, 0.15) is 53.6 Å². The average molecular weight is 432 g/mol. The van der Waals surface area contributed by atoms with Crippen LogP contribution >= 0.6 is 0 Å². The Morgan fingerprint density at radius 3 is 2.91 bits per heavy atom. The predicted octanol–water partition coefficient (Wildman–Crippen LogP) is 2.62. The van der Waals surface area contributed by atoms with Crippen molar-refractivity contribution in [3.63, 3.8) is 0 Å². The van der Waals surface area contributed by atoms with Crippen LogP contribution in [-0.4, -0.2) is 48.0 Å². The molecular weight excluding hydrogens is 406 g/mol. The van der Waals surface area contributed by atoms with E-state index < -0.39 is 0 Å². The topological polar surface area (TPSA) is 106 Å². The molecule has 0 bridgehead atoms. The maximum atomic E-state index is 12.9. The number of fused-ring (bicyclic) bond motifs is 2. The Hall–Kier alpha value is -3.62. The molecule has 2 amide bonds. The van der Waals surface area contributed by atoms with Crippen LogP contribution in [0.4, 0.5) is 5.82 Å². The summed E-state index contributed by atoms with van der Waals surface area (Å²) < 4.78 is 2.07. The van der Waals surface area contributed by atoms with Crippen molar-refractivity contribution in [1.29, 1.82) is 0 Å². The molecule has 1 N–H and O–H groups in total. The molecule has 3 aromatic rings. The van der Waals surface area contributed by atoms with Gasteiger partial charge >= 0.3 is 0 Å². The summed E-state index contributed by atoms with van der Waals surface area (Å²) in [7, 11) is 0. The lowest BCUT2D eigenvalue weighted by Crippen LogP contribution is -2.36. The first-order valence-electron chi connectivity index (χ1n) is 11.1. The van der Waals surface area contributed by atoms with E-state index in [1.807, 2.05) is 24.0 Å². The molecule has 0 aliphatic carbocycles. The number of nitrogens with one attached hydrogen (secondary N) is 1. The molecule has 0 radical (unpaired) electrons. The highest BCUT2D eigenvalue weighted by Crippen LogP contribution is 2.24. The van der Waals surface area contributed by atoms with E-state index in [2.05, 4.69) is 30.0 Å². The summed E-state index contributed by atoms with van der Waals surface area (Å²) in [4.78, 5) is 35.9. The zero-order chi connectivity index (χ0) is 22.1. The zero-order valence-corrected chi connectivity index (χ0v) is 18.0. The lowest BCUT2D eigenvalue weighted by atomic mass is 10.0. The molecule has 5 heterocycles. The Labute approximate surface area is 185 Å². The molecule has 164 valence electrons. The number of rotatable bonds is 5. The number of aryl methyl sites for hydroxylation is 1. The molecule has 0 saturated carbocycles. The third kappa shape index (κ3) is 3.86. The van der Waals surface area contributed by atoms with Crippen LogP contribution in [0, 0.1) is 0 Å². The SMILES string of the molecule is CCCC(=O)N1CCc2cnc(C(=O)Nc3cccc(-c4nnc5n4CCC5)n3)cc2C1. The number of aromatic nitrogens is 5. The third-order valence-corrected chi connectivity index (χ3v) is 5.97. The van der Waals surface area contributed by atoms with Crippen LogP contribution in [0.5, 0.6) is 0 Å². The fourth-order valence-electron chi connectivity index (χ4n) is 4.30. The van der Waals surface area contributed by atoms with Gasteiger partial charge in [-0.3, -0.25) is 14.6 Å². The number of hydrogen-bond acceptors (Lipinski definition) is 6. The van der Waals surface area contributed by atoms with Gasteiger partial charge in [0.2, 0.25) is 5.91 Å². The van der Waals surface area contributed by atoms with E-state index in [0.717, 1.165) is 55.0 Å². The van der Waals surface area contributed by atoms with Crippen LogP contribution in [0.15, 0.2) is 30.5 Å². The molecule has 9 heteroatoms. The van der Waals surface area contributed by atoms with Crippen molar-refractivity contribution in [2.24, 2.45) is 0 Å². The maximum absolute atomic E-state index is 12.9. The lowest BCUT2D eigenvalue weighted by Gasteiger charge is -2.29. The van der Waals surface area contributed by atoms with E-state index in [1.54, 1.807) is 18.3 Å². The molecular formula is C23H25N7O2. The van der Waals surface area contributed by atoms with E-state index in [4.69, 9.17) is 0 Å². The van der Waals surface area contributed by atoms with E-state index in [1.165, 1.54) is 0 Å². The van der Waals surface area contributed by atoms with Crippen molar-refractivity contribution >= 4 is 17.6 Å². The van der Waals surface area contributed by atoms with Gasteiger partial charge in [-0.15, -0.1) is 10.2 Å². The van der Waals surface area contributed by atoms with Crippen LogP contribution < -0.4 is 5.32 Å². The summed E-state index contributed by atoms with van der Waals surface area (Å²) in [6, 6.07) is 7.23. The fourth-order valence-corrected chi connectivity index (χ4v) is 4.30. The summed E-state index contributed by atoms with van der Waals surface area (Å²) in [6.45, 7) is 4.10. The van der Waals surface area contributed by atoms with Crippen LogP contribution in [-0.2, 0) is 30.7 Å². The highest BCUT2D eigenvalue weighted by atomic mass is 16.2. The predicted molar refractivity (Wildman–Crippen MR) is 118 cm³/mol. The van der Waals surface area contributed by atoms with Gasteiger partial charge in [-0.1, -0.05) is 13.0 Å². The Bertz CT molecular complexity index is 1190. The molecule has 0 unspecified atom stereocenters. The van der Waals surface area contributed by atoms with Crippen LogP contribution in [0.25, 0.3) is 11.5 Å². The highest BCUT2D eigenvalue weighted by molar-refractivity contribution is 6.02. The minimum absolute atomic E-state index is 0.155. The maximum Gasteiger partial charge on any atom is 0.275 e. The molecule has 5 rings (SSSR count). The quantitative estimate of drug-likeness (QED) is 0.666. The Morgan fingerprint density at radius 1 is 1.12 bits per heavy atom. The summed E-state index contributed by atoms with van der Waals surface area (Å²) >= 11 is 0. The number of carbonyl (C=O) groups excluding carboxylic acids is 2. The standard InChI is InChI=1S/C23H25N7O2/c1-2-5-21(31)29-11-9-15-13-24-18(12-16(15)14-29)23(32)26-19-7-3-6-17(25-19)22-28-27-20-8-4-10-30(20)22/h3,6-7,12-13H,2,4-5,8-11,14H2,1H3,(H,25,26,32). The second-order valence-electron chi connectivity index (χ2n) is 8.21. The van der Waals surface area contributed by atoms with Crippen molar-refractivity contribution in [2.75, 3.05) is 11.9 Å². The molecule has 0 saturated heterocycles. The average Bonchev–Trinajstić information content (AvgIpc) is 3.43.